The van der Waals surface area contributed by atoms with E-state index in [9.17, 15) is 5.26 Å². The van der Waals surface area contributed by atoms with Crippen LogP contribution in [0.4, 0.5) is 0 Å². The summed E-state index contributed by atoms with van der Waals surface area (Å²) in [4.78, 5) is 0. The van der Waals surface area contributed by atoms with Crippen LogP contribution < -0.4 is 5.32 Å². The standard InChI is InChI=1S/C19H20N2/c1-15(16-8-4-2-5-9-16)21-18-12-19(13-18,14-20)17-10-6-3-7-11-17/h2-11,15,18,21H,12-13H2,1H3/t15-,18?,19?/m0/s1. The third-order valence-corrected chi connectivity index (χ3v) is 4.52. The first-order valence-electron chi connectivity index (χ1n) is 7.51. The molecule has 0 bridgehead atoms. The Bertz CT molecular complexity index is 622. The van der Waals surface area contributed by atoms with Crippen molar-refractivity contribution in [2.24, 2.45) is 0 Å². The number of rotatable bonds is 4. The van der Waals surface area contributed by atoms with Gasteiger partial charge in [-0.3, -0.25) is 0 Å². The molecular formula is C19H20N2. The zero-order valence-electron chi connectivity index (χ0n) is 12.3. The second-order valence-corrected chi connectivity index (χ2v) is 5.96. The summed E-state index contributed by atoms with van der Waals surface area (Å²) in [6.45, 7) is 2.18. The number of hydrogen-bond acceptors (Lipinski definition) is 2. The molecule has 1 N–H and O–H groups in total. The number of nitriles is 1. The molecule has 21 heavy (non-hydrogen) atoms. The predicted molar refractivity (Wildman–Crippen MR) is 84.7 cm³/mol. The minimum atomic E-state index is -0.296. The van der Waals surface area contributed by atoms with E-state index >= 15 is 0 Å². The Morgan fingerprint density at radius 3 is 2.19 bits per heavy atom. The van der Waals surface area contributed by atoms with Gasteiger partial charge in [-0.05, 0) is 30.9 Å². The Balaban J connectivity index is 1.64. The zero-order valence-corrected chi connectivity index (χ0v) is 12.3. The van der Waals surface area contributed by atoms with Gasteiger partial charge in [0.05, 0.1) is 11.5 Å². The molecule has 0 amide bonds. The zero-order chi connectivity index (χ0) is 14.7. The SMILES string of the molecule is C[C@H](NC1CC(C#N)(c2ccccc2)C1)c1ccccc1. The van der Waals surface area contributed by atoms with E-state index in [4.69, 9.17) is 0 Å². The van der Waals surface area contributed by atoms with Crippen LogP contribution in [0.15, 0.2) is 60.7 Å². The molecule has 106 valence electrons. The monoisotopic (exact) mass is 276 g/mol. The molecule has 0 spiro atoms. The maximum absolute atomic E-state index is 9.58. The second-order valence-electron chi connectivity index (χ2n) is 5.96. The fourth-order valence-corrected chi connectivity index (χ4v) is 3.24. The molecular weight excluding hydrogens is 256 g/mol. The van der Waals surface area contributed by atoms with Gasteiger partial charge in [-0.2, -0.15) is 5.26 Å². The lowest BCUT2D eigenvalue weighted by Gasteiger charge is -2.44. The quantitative estimate of drug-likeness (QED) is 0.917. The third-order valence-electron chi connectivity index (χ3n) is 4.52. The van der Waals surface area contributed by atoms with E-state index in [-0.39, 0.29) is 5.41 Å². The number of nitrogens with zero attached hydrogens (tertiary/aromatic N) is 1. The van der Waals surface area contributed by atoms with E-state index in [2.05, 4.69) is 54.7 Å². The molecule has 1 fully saturated rings. The van der Waals surface area contributed by atoms with Crippen LogP contribution in [0, 0.1) is 11.3 Å². The molecule has 2 nitrogen and oxygen atoms in total. The lowest BCUT2D eigenvalue weighted by molar-refractivity contribution is 0.213. The summed E-state index contributed by atoms with van der Waals surface area (Å²) in [5.41, 5.74) is 2.15. The van der Waals surface area contributed by atoms with E-state index < -0.39 is 0 Å². The molecule has 2 aromatic rings. The molecule has 2 aromatic carbocycles. The fraction of sp³-hybridized carbons (Fsp3) is 0.316. The summed E-state index contributed by atoms with van der Waals surface area (Å²) in [6, 6.07) is 23.9. The Kier molecular flexibility index (Phi) is 3.77. The van der Waals surface area contributed by atoms with Gasteiger partial charge >= 0.3 is 0 Å². The van der Waals surface area contributed by atoms with Gasteiger partial charge in [0.25, 0.3) is 0 Å². The van der Waals surface area contributed by atoms with Crippen LogP contribution in [0.2, 0.25) is 0 Å². The van der Waals surface area contributed by atoms with Crippen LogP contribution in [-0.2, 0) is 5.41 Å². The minimum Gasteiger partial charge on any atom is -0.307 e. The number of hydrogen-bond donors (Lipinski definition) is 1. The van der Waals surface area contributed by atoms with Crippen molar-refractivity contribution < 1.29 is 0 Å². The molecule has 0 saturated heterocycles. The first-order chi connectivity index (χ1) is 10.2. The van der Waals surface area contributed by atoms with Gasteiger partial charge in [-0.25, -0.2) is 0 Å². The van der Waals surface area contributed by atoms with Crippen LogP contribution >= 0.6 is 0 Å². The lowest BCUT2D eigenvalue weighted by Crippen LogP contribution is -2.51. The normalized spacial score (nSPS) is 25.6. The maximum Gasteiger partial charge on any atom is 0.0852 e. The highest BCUT2D eigenvalue weighted by molar-refractivity contribution is 5.37. The summed E-state index contributed by atoms with van der Waals surface area (Å²) in [7, 11) is 0. The smallest absolute Gasteiger partial charge is 0.0852 e. The minimum absolute atomic E-state index is 0.296. The van der Waals surface area contributed by atoms with E-state index in [0.29, 0.717) is 12.1 Å². The summed E-state index contributed by atoms with van der Waals surface area (Å²) in [5.74, 6) is 0. The van der Waals surface area contributed by atoms with Gasteiger partial charge in [-0.15, -0.1) is 0 Å². The predicted octanol–water partition coefficient (Wildman–Crippen LogP) is 3.96. The molecule has 2 heteroatoms. The van der Waals surface area contributed by atoms with Crippen LogP contribution in [0.1, 0.15) is 36.9 Å². The van der Waals surface area contributed by atoms with E-state index in [1.807, 2.05) is 24.3 Å². The Hall–Kier alpha value is -2.11. The first-order valence-corrected chi connectivity index (χ1v) is 7.51. The summed E-state index contributed by atoms with van der Waals surface area (Å²) >= 11 is 0. The van der Waals surface area contributed by atoms with Gasteiger partial charge in [0.15, 0.2) is 0 Å². The van der Waals surface area contributed by atoms with Crippen molar-refractivity contribution in [3.63, 3.8) is 0 Å². The van der Waals surface area contributed by atoms with Crippen molar-refractivity contribution in [1.82, 2.24) is 5.32 Å². The lowest BCUT2D eigenvalue weighted by atomic mass is 9.62. The topological polar surface area (TPSA) is 35.8 Å². The largest absolute Gasteiger partial charge is 0.307 e. The van der Waals surface area contributed by atoms with E-state index in [0.717, 1.165) is 18.4 Å². The molecule has 0 heterocycles. The van der Waals surface area contributed by atoms with E-state index in [1.54, 1.807) is 0 Å². The van der Waals surface area contributed by atoms with Crippen LogP contribution in [0.5, 0.6) is 0 Å². The van der Waals surface area contributed by atoms with Gasteiger partial charge in [0.2, 0.25) is 0 Å². The van der Waals surface area contributed by atoms with Crippen molar-refractivity contribution in [3.05, 3.63) is 71.8 Å². The fourth-order valence-electron chi connectivity index (χ4n) is 3.24. The van der Waals surface area contributed by atoms with Crippen LogP contribution in [-0.4, -0.2) is 6.04 Å². The summed E-state index contributed by atoms with van der Waals surface area (Å²) in [5, 5.41) is 13.2. The highest BCUT2D eigenvalue weighted by atomic mass is 15.0. The maximum atomic E-state index is 9.58. The van der Waals surface area contributed by atoms with Gasteiger partial charge in [-0.1, -0.05) is 60.7 Å². The Morgan fingerprint density at radius 2 is 1.62 bits per heavy atom. The molecule has 0 aliphatic heterocycles. The van der Waals surface area contributed by atoms with Crippen LogP contribution in [0.25, 0.3) is 0 Å². The highest BCUT2D eigenvalue weighted by Gasteiger charge is 2.46. The van der Waals surface area contributed by atoms with Crippen molar-refractivity contribution in [2.75, 3.05) is 0 Å². The van der Waals surface area contributed by atoms with Crippen molar-refractivity contribution in [3.8, 4) is 6.07 Å². The van der Waals surface area contributed by atoms with Crippen molar-refractivity contribution in [2.45, 2.75) is 37.3 Å². The van der Waals surface area contributed by atoms with Crippen molar-refractivity contribution in [1.29, 1.82) is 5.26 Å². The highest BCUT2D eigenvalue weighted by Crippen LogP contribution is 2.44. The molecule has 1 aliphatic rings. The van der Waals surface area contributed by atoms with Crippen LogP contribution in [0.3, 0.4) is 0 Å². The molecule has 3 rings (SSSR count). The first kappa shape index (κ1) is 13.9. The molecule has 1 atom stereocenters. The summed E-state index contributed by atoms with van der Waals surface area (Å²) in [6.07, 6.45) is 1.79. The van der Waals surface area contributed by atoms with Gasteiger partial charge < -0.3 is 5.32 Å². The van der Waals surface area contributed by atoms with Gasteiger partial charge in [0, 0.05) is 12.1 Å². The average Bonchev–Trinajstić information content (AvgIpc) is 2.52. The molecule has 1 aliphatic carbocycles. The Labute approximate surface area is 126 Å². The van der Waals surface area contributed by atoms with E-state index in [1.165, 1.54) is 5.56 Å². The van der Waals surface area contributed by atoms with Gasteiger partial charge in [0.1, 0.15) is 0 Å². The number of benzene rings is 2. The Morgan fingerprint density at radius 1 is 1.05 bits per heavy atom. The molecule has 0 unspecified atom stereocenters. The molecule has 1 saturated carbocycles. The second kappa shape index (κ2) is 5.71. The average molecular weight is 276 g/mol. The summed E-state index contributed by atoms with van der Waals surface area (Å²) < 4.78 is 0. The number of nitrogens with one attached hydrogen (secondary N) is 1. The molecule has 0 radical (unpaired) electrons. The molecule has 0 aromatic heterocycles. The third kappa shape index (κ3) is 2.70. The van der Waals surface area contributed by atoms with Crippen molar-refractivity contribution >= 4 is 0 Å².